The van der Waals surface area contributed by atoms with E-state index in [0.29, 0.717) is 0 Å². The summed E-state index contributed by atoms with van der Waals surface area (Å²) in [5.41, 5.74) is 1.16. The van der Waals surface area contributed by atoms with Crippen molar-refractivity contribution in [1.82, 2.24) is 5.32 Å². The molecule has 6 heteroatoms. The molecule has 2 aromatic carbocycles. The van der Waals surface area contributed by atoms with E-state index < -0.39 is 10.0 Å². The third kappa shape index (κ3) is 3.45. The van der Waals surface area contributed by atoms with Gasteiger partial charge in [-0.2, -0.15) is 0 Å². The van der Waals surface area contributed by atoms with Crippen molar-refractivity contribution in [2.45, 2.75) is 12.3 Å². The Bertz CT molecular complexity index is 817. The summed E-state index contributed by atoms with van der Waals surface area (Å²) in [6.45, 7) is 0.0681. The predicted molar refractivity (Wildman–Crippen MR) is 85.8 cm³/mol. The lowest BCUT2D eigenvalue weighted by atomic mass is 10.0. The zero-order valence-corrected chi connectivity index (χ0v) is 12.8. The molecule has 2 atom stereocenters. The number of benzene rings is 2. The number of fused-ring (bicyclic) bond motifs is 1. The summed E-state index contributed by atoms with van der Waals surface area (Å²) >= 11 is 0. The van der Waals surface area contributed by atoms with E-state index in [1.807, 2.05) is 12.1 Å². The van der Waals surface area contributed by atoms with Gasteiger partial charge in [0.05, 0.1) is 5.75 Å². The van der Waals surface area contributed by atoms with E-state index in [-0.39, 0.29) is 30.0 Å². The molecule has 0 radical (unpaired) electrons. The molecule has 0 saturated heterocycles. The minimum absolute atomic E-state index is 0.0679. The Balaban J connectivity index is 1.62. The van der Waals surface area contributed by atoms with E-state index in [4.69, 9.17) is 5.14 Å². The van der Waals surface area contributed by atoms with Crippen LogP contribution >= 0.6 is 0 Å². The van der Waals surface area contributed by atoms with Crippen LogP contribution in [0.3, 0.4) is 0 Å². The SMILES string of the molecule is NS(=O)(=O)CCNC(=O)[C@@H]1C[C@@H]1c1ccc2ccccc2c1. The molecule has 22 heavy (non-hydrogen) atoms. The molecule has 1 amide bonds. The van der Waals surface area contributed by atoms with Crippen molar-refractivity contribution >= 4 is 26.7 Å². The smallest absolute Gasteiger partial charge is 0.223 e. The summed E-state index contributed by atoms with van der Waals surface area (Å²) in [7, 11) is -3.53. The molecule has 116 valence electrons. The number of nitrogens with two attached hydrogens (primary N) is 1. The number of primary sulfonamides is 1. The van der Waals surface area contributed by atoms with Crippen LogP contribution in [0.2, 0.25) is 0 Å². The van der Waals surface area contributed by atoms with E-state index in [9.17, 15) is 13.2 Å². The number of nitrogens with one attached hydrogen (secondary N) is 1. The maximum absolute atomic E-state index is 12.0. The summed E-state index contributed by atoms with van der Waals surface area (Å²) < 4.78 is 21.7. The summed E-state index contributed by atoms with van der Waals surface area (Å²) in [5, 5.41) is 9.89. The van der Waals surface area contributed by atoms with Gasteiger partial charge in [-0.15, -0.1) is 0 Å². The van der Waals surface area contributed by atoms with Crippen LogP contribution in [-0.2, 0) is 14.8 Å². The van der Waals surface area contributed by atoms with Crippen LogP contribution in [0.1, 0.15) is 17.9 Å². The number of sulfonamides is 1. The Hall–Kier alpha value is -1.92. The molecular weight excluding hydrogens is 300 g/mol. The maximum Gasteiger partial charge on any atom is 0.223 e. The average molecular weight is 318 g/mol. The first kappa shape index (κ1) is 15.0. The fraction of sp³-hybridized carbons (Fsp3) is 0.312. The van der Waals surface area contributed by atoms with Crippen LogP contribution in [0.4, 0.5) is 0 Å². The number of amides is 1. The lowest BCUT2D eigenvalue weighted by molar-refractivity contribution is -0.122. The normalized spacial score (nSPS) is 20.8. The fourth-order valence-corrected chi connectivity index (χ4v) is 3.13. The molecule has 0 spiro atoms. The lowest BCUT2D eigenvalue weighted by Crippen LogP contribution is -2.32. The molecule has 0 aromatic heterocycles. The number of carbonyl (C=O) groups excluding carboxylic acids is 1. The Morgan fingerprint density at radius 3 is 2.64 bits per heavy atom. The highest BCUT2D eigenvalue weighted by Crippen LogP contribution is 2.48. The summed E-state index contributed by atoms with van der Waals surface area (Å²) in [6.07, 6.45) is 0.805. The monoisotopic (exact) mass is 318 g/mol. The van der Waals surface area contributed by atoms with Crippen molar-refractivity contribution < 1.29 is 13.2 Å². The van der Waals surface area contributed by atoms with Gasteiger partial charge in [0.1, 0.15) is 0 Å². The zero-order valence-electron chi connectivity index (χ0n) is 12.0. The molecule has 3 rings (SSSR count). The standard InChI is InChI=1S/C16H18N2O3S/c17-22(20,21)8-7-18-16(19)15-10-14(15)13-6-5-11-3-1-2-4-12(11)9-13/h1-6,9,14-15H,7-8,10H2,(H,18,19)(H2,17,20,21)/t14-,15-/m1/s1. The lowest BCUT2D eigenvalue weighted by Gasteiger charge is -2.05. The molecule has 0 aliphatic heterocycles. The van der Waals surface area contributed by atoms with Crippen molar-refractivity contribution in [1.29, 1.82) is 0 Å². The van der Waals surface area contributed by atoms with Gasteiger partial charge >= 0.3 is 0 Å². The van der Waals surface area contributed by atoms with Crippen LogP contribution in [-0.4, -0.2) is 26.6 Å². The van der Waals surface area contributed by atoms with Crippen molar-refractivity contribution in [3.63, 3.8) is 0 Å². The molecule has 2 aromatic rings. The first-order chi connectivity index (χ1) is 10.4. The van der Waals surface area contributed by atoms with Crippen LogP contribution in [0, 0.1) is 5.92 Å². The van der Waals surface area contributed by atoms with Crippen molar-refractivity contribution in [2.24, 2.45) is 11.1 Å². The van der Waals surface area contributed by atoms with Gasteiger partial charge in [-0.25, -0.2) is 13.6 Å². The Morgan fingerprint density at radius 2 is 1.91 bits per heavy atom. The van der Waals surface area contributed by atoms with Gasteiger partial charge in [-0.05, 0) is 28.7 Å². The van der Waals surface area contributed by atoms with Gasteiger partial charge in [0.25, 0.3) is 0 Å². The van der Waals surface area contributed by atoms with Crippen LogP contribution in [0.15, 0.2) is 42.5 Å². The molecule has 0 bridgehead atoms. The van der Waals surface area contributed by atoms with Gasteiger partial charge in [-0.3, -0.25) is 4.79 Å². The minimum atomic E-state index is -3.53. The fourth-order valence-electron chi connectivity index (χ4n) is 2.74. The van der Waals surface area contributed by atoms with E-state index >= 15 is 0 Å². The van der Waals surface area contributed by atoms with Crippen LogP contribution in [0.5, 0.6) is 0 Å². The predicted octanol–water partition coefficient (Wildman–Crippen LogP) is 1.35. The highest BCUT2D eigenvalue weighted by atomic mass is 32.2. The molecule has 3 N–H and O–H groups in total. The van der Waals surface area contributed by atoms with Gasteiger partial charge in [-0.1, -0.05) is 42.5 Å². The van der Waals surface area contributed by atoms with Gasteiger partial charge in [0, 0.05) is 12.5 Å². The second kappa shape index (κ2) is 5.70. The summed E-state index contributed by atoms with van der Waals surface area (Å²) in [6, 6.07) is 14.4. The molecular formula is C16H18N2O3S. The minimum Gasteiger partial charge on any atom is -0.355 e. The van der Waals surface area contributed by atoms with Crippen LogP contribution in [0.25, 0.3) is 10.8 Å². The molecule has 1 aliphatic carbocycles. The second-order valence-corrected chi connectivity index (χ2v) is 7.45. The maximum atomic E-state index is 12.0. The third-order valence-electron chi connectivity index (χ3n) is 4.01. The average Bonchev–Trinajstić information content (AvgIpc) is 3.26. The molecule has 0 unspecified atom stereocenters. The Kier molecular flexibility index (Phi) is 3.88. The molecule has 1 aliphatic rings. The summed E-state index contributed by atoms with van der Waals surface area (Å²) in [5.74, 6) is -0.172. The number of hydrogen-bond donors (Lipinski definition) is 2. The molecule has 1 saturated carbocycles. The third-order valence-corrected chi connectivity index (χ3v) is 4.79. The van der Waals surface area contributed by atoms with Gasteiger partial charge in [0.2, 0.25) is 15.9 Å². The van der Waals surface area contributed by atoms with E-state index in [1.165, 1.54) is 10.8 Å². The Morgan fingerprint density at radius 1 is 1.18 bits per heavy atom. The highest BCUT2D eigenvalue weighted by Gasteiger charge is 2.43. The van der Waals surface area contributed by atoms with E-state index in [1.54, 1.807) is 0 Å². The van der Waals surface area contributed by atoms with E-state index in [0.717, 1.165) is 12.0 Å². The molecule has 1 fully saturated rings. The number of hydrogen-bond acceptors (Lipinski definition) is 3. The van der Waals surface area contributed by atoms with Crippen molar-refractivity contribution in [2.75, 3.05) is 12.3 Å². The molecule has 0 heterocycles. The first-order valence-corrected chi connectivity index (χ1v) is 8.92. The van der Waals surface area contributed by atoms with E-state index in [2.05, 4.69) is 35.6 Å². The van der Waals surface area contributed by atoms with Crippen molar-refractivity contribution in [3.05, 3.63) is 48.0 Å². The topological polar surface area (TPSA) is 89.3 Å². The summed E-state index contributed by atoms with van der Waals surface area (Å²) in [4.78, 5) is 12.0. The number of rotatable bonds is 5. The number of carbonyl (C=O) groups is 1. The highest BCUT2D eigenvalue weighted by molar-refractivity contribution is 7.89. The van der Waals surface area contributed by atoms with Gasteiger partial charge < -0.3 is 5.32 Å². The van der Waals surface area contributed by atoms with Gasteiger partial charge in [0.15, 0.2) is 0 Å². The Labute approximate surface area is 129 Å². The first-order valence-electron chi connectivity index (χ1n) is 7.21. The zero-order chi connectivity index (χ0) is 15.7. The molecule has 5 nitrogen and oxygen atoms in total. The van der Waals surface area contributed by atoms with Crippen LogP contribution < -0.4 is 10.5 Å². The van der Waals surface area contributed by atoms with Crippen molar-refractivity contribution in [3.8, 4) is 0 Å². The quantitative estimate of drug-likeness (QED) is 0.872. The largest absolute Gasteiger partial charge is 0.355 e. The second-order valence-electron chi connectivity index (χ2n) is 5.71.